The van der Waals surface area contributed by atoms with Gasteiger partial charge in [-0.2, -0.15) is 0 Å². The minimum Gasteiger partial charge on any atom is -0.487 e. The third-order valence-electron chi connectivity index (χ3n) is 2.90. The largest absolute Gasteiger partial charge is 0.487 e. The van der Waals surface area contributed by atoms with E-state index >= 15 is 0 Å². The normalized spacial score (nSPS) is 19.7. The van der Waals surface area contributed by atoms with Crippen LogP contribution in [0.25, 0.3) is 5.76 Å². The van der Waals surface area contributed by atoms with Crippen molar-refractivity contribution in [3.8, 4) is 0 Å². The summed E-state index contributed by atoms with van der Waals surface area (Å²) in [6.07, 6.45) is -0.0172. The average Bonchev–Trinajstić information content (AvgIpc) is 2.98. The molecule has 0 aromatic carbocycles. The Morgan fingerprint density at radius 3 is 2.62 bits per heavy atom. The number of esters is 3. The molecule has 1 aromatic rings. The number of thiazole rings is 1. The van der Waals surface area contributed by atoms with Gasteiger partial charge >= 0.3 is 17.9 Å². The summed E-state index contributed by atoms with van der Waals surface area (Å²) in [6, 6.07) is 0. The number of carbonyl (C=O) groups excluding carboxylic acids is 3. The monoisotopic (exact) mass is 355 g/mol. The Kier molecular flexibility index (Phi) is 5.91. The van der Waals surface area contributed by atoms with Crippen molar-refractivity contribution in [1.82, 2.24) is 4.98 Å². The molecule has 0 radical (unpaired) electrons. The maximum atomic E-state index is 11.7. The van der Waals surface area contributed by atoms with Gasteiger partial charge in [-0.05, 0) is 6.92 Å². The number of ether oxygens (including phenoxy) is 4. The lowest BCUT2D eigenvalue weighted by Crippen LogP contribution is -2.39. The summed E-state index contributed by atoms with van der Waals surface area (Å²) < 4.78 is 20.7. The second kappa shape index (κ2) is 7.91. The molecule has 0 aliphatic carbocycles. The molecule has 2 rings (SSSR count). The van der Waals surface area contributed by atoms with Crippen LogP contribution in [0.1, 0.15) is 36.3 Å². The van der Waals surface area contributed by atoms with E-state index in [-0.39, 0.29) is 18.9 Å². The van der Waals surface area contributed by atoms with E-state index in [2.05, 4.69) is 4.98 Å². The van der Waals surface area contributed by atoms with Crippen LogP contribution in [0.15, 0.2) is 11.5 Å². The highest BCUT2D eigenvalue weighted by Gasteiger charge is 2.32. The molecule has 130 valence electrons. The second-order valence-electron chi connectivity index (χ2n) is 4.82. The minimum absolute atomic E-state index is 0.0116. The minimum atomic E-state index is -0.787. The van der Waals surface area contributed by atoms with Gasteiger partial charge in [0.05, 0.1) is 6.61 Å². The Morgan fingerprint density at radius 2 is 2.00 bits per heavy atom. The molecule has 0 saturated heterocycles. The first-order chi connectivity index (χ1) is 11.4. The molecular formula is C15H17NO7S. The lowest BCUT2D eigenvalue weighted by atomic mass is 10.1. The SMILES string of the molecule is CCOC(=O)c1csc(C2=C[C@H](OC(C)=O)[C@@H](OC(C)=O)CO2)n1. The van der Waals surface area contributed by atoms with E-state index in [1.54, 1.807) is 12.3 Å². The number of aromatic nitrogens is 1. The molecule has 0 bridgehead atoms. The lowest BCUT2D eigenvalue weighted by molar-refractivity contribution is -0.165. The van der Waals surface area contributed by atoms with Gasteiger partial charge in [0.15, 0.2) is 28.7 Å². The Labute approximate surface area is 142 Å². The highest BCUT2D eigenvalue weighted by atomic mass is 32.1. The molecule has 0 saturated carbocycles. The second-order valence-corrected chi connectivity index (χ2v) is 5.68. The predicted molar refractivity (Wildman–Crippen MR) is 83.1 cm³/mol. The Bertz CT molecular complexity index is 667. The van der Waals surface area contributed by atoms with Crippen molar-refractivity contribution in [3.63, 3.8) is 0 Å². The summed E-state index contributed by atoms with van der Waals surface area (Å²) in [6.45, 7) is 4.49. The summed E-state index contributed by atoms with van der Waals surface area (Å²) in [7, 11) is 0. The number of carbonyl (C=O) groups is 3. The van der Waals surface area contributed by atoms with Crippen molar-refractivity contribution >= 4 is 35.0 Å². The molecular weight excluding hydrogens is 338 g/mol. The molecule has 0 N–H and O–H groups in total. The molecule has 0 amide bonds. The molecule has 8 nitrogen and oxygen atoms in total. The van der Waals surface area contributed by atoms with Gasteiger partial charge in [-0.15, -0.1) is 11.3 Å². The summed E-state index contributed by atoms with van der Waals surface area (Å²) in [5, 5.41) is 1.99. The lowest BCUT2D eigenvalue weighted by Gasteiger charge is -2.28. The van der Waals surface area contributed by atoms with Crippen molar-refractivity contribution in [1.29, 1.82) is 0 Å². The van der Waals surface area contributed by atoms with Crippen LogP contribution in [0.2, 0.25) is 0 Å². The van der Waals surface area contributed by atoms with E-state index < -0.39 is 30.1 Å². The fourth-order valence-corrected chi connectivity index (χ4v) is 2.77. The van der Waals surface area contributed by atoms with Gasteiger partial charge in [-0.25, -0.2) is 9.78 Å². The van der Waals surface area contributed by atoms with Gasteiger partial charge in [-0.1, -0.05) is 0 Å². The maximum absolute atomic E-state index is 11.7. The van der Waals surface area contributed by atoms with Crippen molar-refractivity contribution < 1.29 is 33.3 Å². The molecule has 2 heterocycles. The maximum Gasteiger partial charge on any atom is 0.357 e. The van der Waals surface area contributed by atoms with Gasteiger partial charge in [0.25, 0.3) is 0 Å². The Morgan fingerprint density at radius 1 is 1.29 bits per heavy atom. The molecule has 2 atom stereocenters. The molecule has 1 aromatic heterocycles. The predicted octanol–water partition coefficient (Wildman–Crippen LogP) is 1.55. The zero-order chi connectivity index (χ0) is 17.7. The van der Waals surface area contributed by atoms with E-state index in [9.17, 15) is 14.4 Å². The third-order valence-corrected chi connectivity index (χ3v) is 3.76. The highest BCUT2D eigenvalue weighted by molar-refractivity contribution is 7.10. The standard InChI is InChI=1S/C15H17NO7S/c1-4-20-15(19)10-7-24-14(16-10)12-5-11(22-8(2)17)13(6-21-12)23-9(3)18/h5,7,11,13H,4,6H2,1-3H3/t11-,13-/m0/s1. The zero-order valence-electron chi connectivity index (χ0n) is 13.4. The van der Waals surface area contributed by atoms with E-state index in [4.69, 9.17) is 18.9 Å². The van der Waals surface area contributed by atoms with Crippen molar-refractivity contribution in [2.75, 3.05) is 13.2 Å². The molecule has 0 unspecified atom stereocenters. The first-order valence-corrected chi connectivity index (χ1v) is 8.10. The van der Waals surface area contributed by atoms with Crippen LogP contribution >= 0.6 is 11.3 Å². The van der Waals surface area contributed by atoms with Gasteiger partial charge in [0, 0.05) is 25.3 Å². The van der Waals surface area contributed by atoms with E-state index in [1.807, 2.05) is 0 Å². The van der Waals surface area contributed by atoms with Gasteiger partial charge < -0.3 is 18.9 Å². The summed E-state index contributed by atoms with van der Waals surface area (Å²) in [5.74, 6) is -1.19. The first-order valence-electron chi connectivity index (χ1n) is 7.22. The van der Waals surface area contributed by atoms with E-state index in [0.717, 1.165) is 0 Å². The van der Waals surface area contributed by atoms with Crippen LogP contribution in [0, 0.1) is 0 Å². The number of rotatable bonds is 5. The summed E-state index contributed by atoms with van der Waals surface area (Å²) in [5.41, 5.74) is 0.174. The number of nitrogens with zero attached hydrogens (tertiary/aromatic N) is 1. The Balaban J connectivity index is 2.20. The molecule has 0 spiro atoms. The molecule has 1 aliphatic rings. The van der Waals surface area contributed by atoms with Crippen LogP contribution < -0.4 is 0 Å². The van der Waals surface area contributed by atoms with Crippen molar-refractivity contribution in [2.45, 2.75) is 33.0 Å². The smallest absolute Gasteiger partial charge is 0.357 e. The fourth-order valence-electron chi connectivity index (χ4n) is 2.01. The van der Waals surface area contributed by atoms with Crippen LogP contribution in [-0.2, 0) is 28.5 Å². The average molecular weight is 355 g/mol. The van der Waals surface area contributed by atoms with Crippen LogP contribution in [0.5, 0.6) is 0 Å². The first kappa shape index (κ1) is 17.9. The third kappa shape index (κ3) is 4.54. The van der Waals surface area contributed by atoms with Crippen LogP contribution in [-0.4, -0.2) is 48.3 Å². The summed E-state index contributed by atoms with van der Waals surface area (Å²) >= 11 is 1.19. The van der Waals surface area contributed by atoms with Gasteiger partial charge in [0.2, 0.25) is 0 Å². The van der Waals surface area contributed by atoms with Crippen molar-refractivity contribution in [3.05, 3.63) is 22.2 Å². The number of hydrogen-bond acceptors (Lipinski definition) is 9. The van der Waals surface area contributed by atoms with Gasteiger partial charge in [-0.3, -0.25) is 9.59 Å². The summed E-state index contributed by atoms with van der Waals surface area (Å²) in [4.78, 5) is 38.2. The van der Waals surface area contributed by atoms with E-state index in [0.29, 0.717) is 10.8 Å². The van der Waals surface area contributed by atoms with Crippen molar-refractivity contribution in [2.24, 2.45) is 0 Å². The highest BCUT2D eigenvalue weighted by Crippen LogP contribution is 2.27. The molecule has 9 heteroatoms. The van der Waals surface area contributed by atoms with Gasteiger partial charge in [0.1, 0.15) is 6.61 Å². The fraction of sp³-hybridized carbons (Fsp3) is 0.467. The molecule has 0 fully saturated rings. The van der Waals surface area contributed by atoms with Crippen LogP contribution in [0.3, 0.4) is 0 Å². The molecule has 24 heavy (non-hydrogen) atoms. The Hall–Kier alpha value is -2.42. The quantitative estimate of drug-likeness (QED) is 0.579. The topological polar surface area (TPSA) is 101 Å². The zero-order valence-corrected chi connectivity index (χ0v) is 14.3. The molecule has 1 aliphatic heterocycles. The van der Waals surface area contributed by atoms with E-state index in [1.165, 1.54) is 31.3 Å². The van der Waals surface area contributed by atoms with Crippen LogP contribution in [0.4, 0.5) is 0 Å². The number of hydrogen-bond donors (Lipinski definition) is 0.